The van der Waals surface area contributed by atoms with E-state index in [-0.39, 0.29) is 0 Å². The van der Waals surface area contributed by atoms with Crippen LogP contribution in [0.2, 0.25) is 12.6 Å². The highest BCUT2D eigenvalue weighted by molar-refractivity contribution is 6.60. The minimum atomic E-state index is 0.767. The molecule has 1 rings (SSSR count). The van der Waals surface area contributed by atoms with Crippen LogP contribution in [-0.2, 0) is 0 Å². The molecule has 0 aliphatic heterocycles. The van der Waals surface area contributed by atoms with Crippen molar-refractivity contribution in [2.75, 3.05) is 0 Å². The van der Waals surface area contributed by atoms with Crippen LogP contribution in [0.25, 0.3) is 0 Å². The van der Waals surface area contributed by atoms with Gasteiger partial charge in [-0.15, -0.1) is 0 Å². The zero-order chi connectivity index (χ0) is 17.5. The number of rotatable bonds is 15. The molecule has 0 fully saturated rings. The van der Waals surface area contributed by atoms with Crippen molar-refractivity contribution in [1.82, 2.24) is 0 Å². The molecular formula is C23H41B. The average molecular weight is 328 g/mol. The van der Waals surface area contributed by atoms with Crippen LogP contribution in [0.5, 0.6) is 0 Å². The van der Waals surface area contributed by atoms with E-state index in [2.05, 4.69) is 51.1 Å². The Morgan fingerprint density at radius 3 is 1.62 bits per heavy atom. The molecule has 136 valence electrons. The van der Waals surface area contributed by atoms with E-state index in [1.165, 1.54) is 83.3 Å². The summed E-state index contributed by atoms with van der Waals surface area (Å²) >= 11 is 0. The zero-order valence-electron chi connectivity index (χ0n) is 16.7. The van der Waals surface area contributed by atoms with Crippen LogP contribution in [0.15, 0.2) is 30.3 Å². The molecule has 0 N–H and O–H groups in total. The third-order valence-electron chi connectivity index (χ3n) is 5.59. The van der Waals surface area contributed by atoms with Crippen LogP contribution >= 0.6 is 0 Å². The highest BCUT2D eigenvalue weighted by Gasteiger charge is 2.24. The van der Waals surface area contributed by atoms with Crippen LogP contribution in [0.4, 0.5) is 0 Å². The maximum atomic E-state index is 2.39. The maximum Gasteiger partial charge on any atom is 0.148 e. The molecule has 0 amide bonds. The second kappa shape index (κ2) is 14.6. The third-order valence-corrected chi connectivity index (χ3v) is 5.59. The first-order valence-corrected chi connectivity index (χ1v) is 10.9. The number of benzene rings is 1. The molecule has 0 aliphatic carbocycles. The molecule has 1 unspecified atom stereocenters. The van der Waals surface area contributed by atoms with Gasteiger partial charge in [-0.3, -0.25) is 0 Å². The quantitative estimate of drug-likeness (QED) is 0.225. The Balaban J connectivity index is 2.53. The molecule has 1 atom stereocenters. The number of hydrogen-bond acceptors (Lipinski definition) is 0. The van der Waals surface area contributed by atoms with Crippen molar-refractivity contribution in [2.24, 2.45) is 0 Å². The highest BCUT2D eigenvalue weighted by Crippen LogP contribution is 2.29. The lowest BCUT2D eigenvalue weighted by Gasteiger charge is -2.24. The van der Waals surface area contributed by atoms with E-state index >= 15 is 0 Å². The van der Waals surface area contributed by atoms with Gasteiger partial charge in [0.15, 0.2) is 0 Å². The van der Waals surface area contributed by atoms with Crippen molar-refractivity contribution in [3.05, 3.63) is 35.9 Å². The van der Waals surface area contributed by atoms with Crippen molar-refractivity contribution in [3.63, 3.8) is 0 Å². The first kappa shape index (κ1) is 21.3. The van der Waals surface area contributed by atoms with E-state index in [0.29, 0.717) is 0 Å². The fourth-order valence-electron chi connectivity index (χ4n) is 4.11. The minimum absolute atomic E-state index is 0.767. The van der Waals surface area contributed by atoms with Crippen molar-refractivity contribution in [2.45, 2.75) is 110 Å². The van der Waals surface area contributed by atoms with Gasteiger partial charge in [-0.2, -0.15) is 0 Å². The molecule has 1 heteroatoms. The Labute approximate surface area is 152 Å². The van der Waals surface area contributed by atoms with Crippen LogP contribution < -0.4 is 0 Å². The normalized spacial score (nSPS) is 12.3. The SMILES string of the molecule is CCCCCCCB(CCCCCCC)C(CC)c1ccccc1. The second-order valence-electron chi connectivity index (χ2n) is 7.59. The molecule has 24 heavy (non-hydrogen) atoms. The summed E-state index contributed by atoms with van der Waals surface area (Å²) in [5.74, 6) is 0.767. The Bertz CT molecular complexity index is 359. The molecule has 0 heterocycles. The summed E-state index contributed by atoms with van der Waals surface area (Å²) in [5.41, 5.74) is 1.58. The molecule has 1 aromatic rings. The van der Waals surface area contributed by atoms with Gasteiger partial charge in [-0.05, 0) is 5.82 Å². The Hall–Kier alpha value is -0.715. The van der Waals surface area contributed by atoms with Gasteiger partial charge < -0.3 is 0 Å². The minimum Gasteiger partial charge on any atom is -0.0736 e. The summed E-state index contributed by atoms with van der Waals surface area (Å²) in [5, 5.41) is 0. The fourth-order valence-corrected chi connectivity index (χ4v) is 4.11. The van der Waals surface area contributed by atoms with Gasteiger partial charge >= 0.3 is 0 Å². The summed E-state index contributed by atoms with van der Waals surface area (Å²) in [6.07, 6.45) is 18.3. The molecular weight excluding hydrogens is 287 g/mol. The van der Waals surface area contributed by atoms with Gasteiger partial charge in [-0.25, -0.2) is 0 Å². The molecule has 0 bridgehead atoms. The van der Waals surface area contributed by atoms with Gasteiger partial charge in [0.2, 0.25) is 0 Å². The molecule has 0 saturated carbocycles. The lowest BCUT2D eigenvalue weighted by molar-refractivity contribution is 0.640. The molecule has 1 aromatic carbocycles. The summed E-state index contributed by atoms with van der Waals surface area (Å²) < 4.78 is 0. The van der Waals surface area contributed by atoms with Gasteiger partial charge in [0.1, 0.15) is 6.71 Å². The highest BCUT2D eigenvalue weighted by atomic mass is 14.1. The third kappa shape index (κ3) is 8.95. The van der Waals surface area contributed by atoms with Crippen LogP contribution in [0.1, 0.15) is 103 Å². The largest absolute Gasteiger partial charge is 0.148 e. The van der Waals surface area contributed by atoms with Crippen molar-refractivity contribution < 1.29 is 0 Å². The van der Waals surface area contributed by atoms with Crippen molar-refractivity contribution in [3.8, 4) is 0 Å². The predicted molar refractivity (Wildman–Crippen MR) is 112 cm³/mol. The topological polar surface area (TPSA) is 0 Å². The summed E-state index contributed by atoms with van der Waals surface area (Å²) in [4.78, 5) is 0. The average Bonchev–Trinajstić information content (AvgIpc) is 2.62. The van der Waals surface area contributed by atoms with Gasteiger partial charge in [0, 0.05) is 0 Å². The smallest absolute Gasteiger partial charge is 0.0736 e. The van der Waals surface area contributed by atoms with Gasteiger partial charge in [0.25, 0.3) is 0 Å². The molecule has 0 saturated heterocycles. The maximum absolute atomic E-state index is 2.39. The zero-order valence-corrected chi connectivity index (χ0v) is 16.7. The second-order valence-corrected chi connectivity index (χ2v) is 7.59. The summed E-state index contributed by atoms with van der Waals surface area (Å²) in [6, 6.07) is 11.3. The summed E-state index contributed by atoms with van der Waals surface area (Å²) in [7, 11) is 0. The van der Waals surface area contributed by atoms with E-state index in [9.17, 15) is 0 Å². The number of hydrogen-bond donors (Lipinski definition) is 0. The monoisotopic (exact) mass is 328 g/mol. The van der Waals surface area contributed by atoms with Gasteiger partial charge in [-0.1, -0.05) is 140 Å². The lowest BCUT2D eigenvalue weighted by atomic mass is 9.34. The molecule has 0 nitrogen and oxygen atoms in total. The van der Waals surface area contributed by atoms with Crippen LogP contribution in [0, 0.1) is 0 Å². The van der Waals surface area contributed by atoms with E-state index in [1.54, 1.807) is 5.56 Å². The van der Waals surface area contributed by atoms with Gasteiger partial charge in [0.05, 0.1) is 0 Å². The first-order chi connectivity index (χ1) is 11.8. The molecule has 0 aromatic heterocycles. The first-order valence-electron chi connectivity index (χ1n) is 10.9. The standard InChI is InChI=1S/C23H41B/c1-4-7-9-11-16-20-24(21-17-12-10-8-5-2)23(6-3)22-18-14-13-15-19-22/h13-15,18-19,23H,4-12,16-17,20-21H2,1-3H3. The molecule has 0 spiro atoms. The van der Waals surface area contributed by atoms with E-state index < -0.39 is 0 Å². The van der Waals surface area contributed by atoms with Crippen LogP contribution in [-0.4, -0.2) is 6.71 Å². The van der Waals surface area contributed by atoms with E-state index in [4.69, 9.17) is 0 Å². The van der Waals surface area contributed by atoms with Crippen LogP contribution in [0.3, 0.4) is 0 Å². The Morgan fingerprint density at radius 2 is 1.17 bits per heavy atom. The number of unbranched alkanes of at least 4 members (excludes halogenated alkanes) is 8. The van der Waals surface area contributed by atoms with Crippen molar-refractivity contribution >= 4 is 6.71 Å². The van der Waals surface area contributed by atoms with E-state index in [0.717, 1.165) is 12.5 Å². The molecule has 0 aliphatic rings. The van der Waals surface area contributed by atoms with E-state index in [1.807, 2.05) is 0 Å². The van der Waals surface area contributed by atoms with Crippen molar-refractivity contribution in [1.29, 1.82) is 0 Å². The predicted octanol–water partition coefficient (Wildman–Crippen LogP) is 8.16. The Morgan fingerprint density at radius 1 is 0.667 bits per heavy atom. The fraction of sp³-hybridized carbons (Fsp3) is 0.739. The summed E-state index contributed by atoms with van der Waals surface area (Å²) in [6.45, 7) is 7.89. The molecule has 0 radical (unpaired) electrons. The lowest BCUT2D eigenvalue weighted by Crippen LogP contribution is -2.23. The Kier molecular flexibility index (Phi) is 13.0.